The highest BCUT2D eigenvalue weighted by atomic mass is 16.1. The van der Waals surface area contributed by atoms with E-state index >= 15 is 0 Å². The maximum Gasteiger partial charge on any atom is 0.226 e. The van der Waals surface area contributed by atoms with Crippen LogP contribution in [-0.2, 0) is 17.8 Å². The Morgan fingerprint density at radius 3 is 2.45 bits per heavy atom. The van der Waals surface area contributed by atoms with Crippen molar-refractivity contribution in [3.05, 3.63) is 17.6 Å². The van der Waals surface area contributed by atoms with Gasteiger partial charge in [0.15, 0.2) is 0 Å². The molecule has 168 valence electrons. The number of nitrogens with zero attached hydrogens (tertiary/aromatic N) is 3. The topological polar surface area (TPSA) is 58.1 Å². The van der Waals surface area contributed by atoms with Crippen molar-refractivity contribution in [3.63, 3.8) is 0 Å². The molecular formula is C26H38N4O. The molecule has 1 aromatic heterocycles. The quantitative estimate of drug-likeness (QED) is 0.729. The fourth-order valence-corrected chi connectivity index (χ4v) is 8.43. The average Bonchev–Trinajstić information content (AvgIpc) is 2.73. The van der Waals surface area contributed by atoms with Crippen molar-refractivity contribution in [1.29, 1.82) is 0 Å². The highest BCUT2D eigenvalue weighted by Gasteiger charge is 2.51. The van der Waals surface area contributed by atoms with Gasteiger partial charge in [-0.3, -0.25) is 9.69 Å². The minimum absolute atomic E-state index is 0.187. The Morgan fingerprint density at radius 2 is 1.74 bits per heavy atom. The van der Waals surface area contributed by atoms with E-state index < -0.39 is 0 Å². The van der Waals surface area contributed by atoms with Crippen molar-refractivity contribution < 1.29 is 4.79 Å². The number of hydrogen-bond acceptors (Lipinski definition) is 4. The Morgan fingerprint density at radius 1 is 1.03 bits per heavy atom. The Hall–Kier alpha value is -1.49. The molecule has 0 saturated heterocycles. The van der Waals surface area contributed by atoms with Crippen molar-refractivity contribution in [1.82, 2.24) is 14.9 Å². The van der Waals surface area contributed by atoms with Gasteiger partial charge in [-0.05, 0) is 86.9 Å². The third kappa shape index (κ3) is 4.15. The van der Waals surface area contributed by atoms with E-state index in [-0.39, 0.29) is 11.3 Å². The van der Waals surface area contributed by atoms with Gasteiger partial charge < -0.3 is 5.32 Å². The summed E-state index contributed by atoms with van der Waals surface area (Å²) in [7, 11) is 0. The summed E-state index contributed by atoms with van der Waals surface area (Å²) in [6.07, 6.45) is 18.4. The largest absolute Gasteiger partial charge is 0.310 e. The van der Waals surface area contributed by atoms with Gasteiger partial charge >= 0.3 is 0 Å². The third-order valence-electron chi connectivity index (χ3n) is 9.29. The van der Waals surface area contributed by atoms with Crippen LogP contribution in [0.25, 0.3) is 0 Å². The first-order valence-electron chi connectivity index (χ1n) is 13.0. The van der Waals surface area contributed by atoms with Gasteiger partial charge in [0.2, 0.25) is 5.91 Å². The lowest BCUT2D eigenvalue weighted by molar-refractivity contribution is -0.124. The SMILES string of the molecule is O=C(CC12CC3CC(CC(C3)C1)C2)Nc1ncnc2c1CCN(CC1CCCCC1)C2. The van der Waals surface area contributed by atoms with E-state index in [1.165, 1.54) is 82.7 Å². The molecule has 5 saturated carbocycles. The molecule has 1 aromatic rings. The Bertz CT molecular complexity index is 795. The lowest BCUT2D eigenvalue weighted by Gasteiger charge is -2.56. The fourth-order valence-electron chi connectivity index (χ4n) is 8.43. The number of carbonyl (C=O) groups is 1. The van der Waals surface area contributed by atoms with Gasteiger partial charge in [0.05, 0.1) is 5.69 Å². The molecule has 0 radical (unpaired) electrons. The molecule has 5 heteroatoms. The molecule has 6 aliphatic rings. The first-order chi connectivity index (χ1) is 15.1. The van der Waals surface area contributed by atoms with Gasteiger partial charge in [0.25, 0.3) is 0 Å². The summed E-state index contributed by atoms with van der Waals surface area (Å²) >= 11 is 0. The van der Waals surface area contributed by atoms with Gasteiger partial charge in [-0.2, -0.15) is 0 Å². The highest BCUT2D eigenvalue weighted by Crippen LogP contribution is 2.61. The van der Waals surface area contributed by atoms with Crippen LogP contribution in [0.15, 0.2) is 6.33 Å². The number of aromatic nitrogens is 2. The second-order valence-electron chi connectivity index (χ2n) is 11.8. The minimum atomic E-state index is 0.187. The molecule has 0 spiro atoms. The molecular weight excluding hydrogens is 384 g/mol. The van der Waals surface area contributed by atoms with E-state index in [0.29, 0.717) is 6.42 Å². The first-order valence-corrected chi connectivity index (χ1v) is 13.0. The second-order valence-corrected chi connectivity index (χ2v) is 11.8. The first kappa shape index (κ1) is 20.1. The molecule has 2 heterocycles. The molecule has 5 fully saturated rings. The van der Waals surface area contributed by atoms with Crippen molar-refractivity contribution in [3.8, 4) is 0 Å². The van der Waals surface area contributed by atoms with Crippen molar-refractivity contribution in [2.24, 2.45) is 29.1 Å². The maximum atomic E-state index is 13.1. The second kappa shape index (κ2) is 8.13. The average molecular weight is 423 g/mol. The van der Waals surface area contributed by atoms with Crippen LogP contribution in [-0.4, -0.2) is 33.9 Å². The molecule has 4 bridgehead atoms. The van der Waals surface area contributed by atoms with Crippen LogP contribution in [0.5, 0.6) is 0 Å². The number of anilines is 1. The number of carbonyl (C=O) groups excluding carboxylic acids is 1. The van der Waals surface area contributed by atoms with Gasteiger partial charge in [0.1, 0.15) is 12.1 Å². The lowest BCUT2D eigenvalue weighted by Crippen LogP contribution is -2.47. The summed E-state index contributed by atoms with van der Waals surface area (Å²) in [6.45, 7) is 3.18. The summed E-state index contributed by atoms with van der Waals surface area (Å²) in [6, 6.07) is 0. The predicted octanol–water partition coefficient (Wildman–Crippen LogP) is 4.96. The van der Waals surface area contributed by atoms with Crippen LogP contribution in [0.3, 0.4) is 0 Å². The van der Waals surface area contributed by atoms with E-state index in [4.69, 9.17) is 0 Å². The zero-order valence-corrected chi connectivity index (χ0v) is 19.0. The van der Waals surface area contributed by atoms with Crippen molar-refractivity contribution in [2.45, 2.75) is 90.0 Å². The Labute approximate surface area is 186 Å². The predicted molar refractivity (Wildman–Crippen MR) is 121 cm³/mol. The third-order valence-corrected chi connectivity index (χ3v) is 9.29. The molecule has 0 unspecified atom stereocenters. The number of hydrogen-bond donors (Lipinski definition) is 1. The van der Waals surface area contributed by atoms with Crippen LogP contribution < -0.4 is 5.32 Å². The monoisotopic (exact) mass is 422 g/mol. The number of amides is 1. The lowest BCUT2D eigenvalue weighted by atomic mass is 9.49. The summed E-state index contributed by atoms with van der Waals surface area (Å²) < 4.78 is 0. The molecule has 1 amide bonds. The van der Waals surface area contributed by atoms with E-state index in [2.05, 4.69) is 20.2 Å². The van der Waals surface area contributed by atoms with Gasteiger partial charge in [-0.1, -0.05) is 19.3 Å². The molecule has 0 atom stereocenters. The van der Waals surface area contributed by atoms with Gasteiger partial charge in [-0.15, -0.1) is 0 Å². The van der Waals surface area contributed by atoms with Crippen LogP contribution in [0.1, 0.15) is 88.3 Å². The van der Waals surface area contributed by atoms with E-state index in [9.17, 15) is 4.79 Å². The normalized spacial score (nSPS) is 35.2. The van der Waals surface area contributed by atoms with E-state index in [1.54, 1.807) is 6.33 Å². The summed E-state index contributed by atoms with van der Waals surface area (Å²) in [4.78, 5) is 24.8. The van der Waals surface area contributed by atoms with Crippen molar-refractivity contribution >= 4 is 11.7 Å². The minimum Gasteiger partial charge on any atom is -0.310 e. The number of fused-ring (bicyclic) bond motifs is 1. The summed E-state index contributed by atoms with van der Waals surface area (Å²) in [5.74, 6) is 4.50. The molecule has 5 aliphatic carbocycles. The zero-order valence-electron chi connectivity index (χ0n) is 19.0. The number of rotatable bonds is 5. The van der Waals surface area contributed by atoms with Crippen LogP contribution in [0, 0.1) is 29.1 Å². The summed E-state index contributed by atoms with van der Waals surface area (Å²) in [5, 5.41) is 3.23. The van der Waals surface area contributed by atoms with Gasteiger partial charge in [-0.25, -0.2) is 9.97 Å². The summed E-state index contributed by atoms with van der Waals surface area (Å²) in [5.41, 5.74) is 2.59. The number of nitrogens with one attached hydrogen (secondary N) is 1. The molecule has 0 aromatic carbocycles. The van der Waals surface area contributed by atoms with Crippen LogP contribution >= 0.6 is 0 Å². The van der Waals surface area contributed by atoms with Crippen LogP contribution in [0.4, 0.5) is 5.82 Å². The van der Waals surface area contributed by atoms with Crippen LogP contribution in [0.2, 0.25) is 0 Å². The molecule has 1 N–H and O–H groups in total. The molecule has 1 aliphatic heterocycles. The molecule has 7 rings (SSSR count). The Balaban J connectivity index is 1.10. The zero-order chi connectivity index (χ0) is 20.8. The highest BCUT2D eigenvalue weighted by molar-refractivity contribution is 5.91. The smallest absolute Gasteiger partial charge is 0.226 e. The van der Waals surface area contributed by atoms with Crippen molar-refractivity contribution in [2.75, 3.05) is 18.4 Å². The fraction of sp³-hybridized carbons (Fsp3) is 0.808. The van der Waals surface area contributed by atoms with E-state index in [1.807, 2.05) is 0 Å². The molecule has 5 nitrogen and oxygen atoms in total. The Kier molecular flexibility index (Phi) is 5.28. The van der Waals surface area contributed by atoms with Gasteiger partial charge in [0, 0.05) is 31.6 Å². The standard InChI is InChI=1S/C26H38N4O/c31-24(14-26-11-19-8-20(12-26)10-21(9-19)13-26)29-25-22-6-7-30(16-23(22)27-17-28-25)15-18-4-2-1-3-5-18/h17-21H,1-16H2,(H,27,28,29,31). The molecule has 31 heavy (non-hydrogen) atoms. The maximum absolute atomic E-state index is 13.1. The van der Waals surface area contributed by atoms with E-state index in [0.717, 1.165) is 54.7 Å².